The van der Waals surface area contributed by atoms with Gasteiger partial charge in [-0.15, -0.1) is 0 Å². The zero-order valence-corrected chi connectivity index (χ0v) is 18.5. The van der Waals surface area contributed by atoms with Crippen LogP contribution >= 0.6 is 0 Å². The third-order valence-electron chi connectivity index (χ3n) is 4.89. The Morgan fingerprint density at radius 1 is 1.13 bits per heavy atom. The molecule has 164 valence electrons. The molecule has 0 unspecified atom stereocenters. The van der Waals surface area contributed by atoms with Crippen molar-refractivity contribution in [2.75, 3.05) is 18.4 Å². The summed E-state index contributed by atoms with van der Waals surface area (Å²) in [5.41, 5.74) is 2.17. The van der Waals surface area contributed by atoms with Gasteiger partial charge in [0.15, 0.2) is 0 Å². The van der Waals surface area contributed by atoms with Gasteiger partial charge in [0.25, 0.3) is 5.91 Å². The van der Waals surface area contributed by atoms with Crippen molar-refractivity contribution in [1.29, 1.82) is 0 Å². The molecule has 0 bridgehead atoms. The summed E-state index contributed by atoms with van der Waals surface area (Å²) in [6.45, 7) is 6.19. The Balaban J connectivity index is 1.85. The monoisotopic (exact) mass is 444 g/mol. The van der Waals surface area contributed by atoms with Crippen molar-refractivity contribution in [3.63, 3.8) is 0 Å². The SMILES string of the molecule is CCN(CC)S(=O)(=O)c1cc(C(=O)Nc2ccnn2Cc2cccc(C)c2)ccc1F. The van der Waals surface area contributed by atoms with Crippen LogP contribution in [0.3, 0.4) is 0 Å². The molecule has 9 heteroatoms. The predicted octanol–water partition coefficient (Wildman–Crippen LogP) is 3.66. The Morgan fingerprint density at radius 2 is 1.87 bits per heavy atom. The average molecular weight is 445 g/mol. The second kappa shape index (κ2) is 9.40. The van der Waals surface area contributed by atoms with Gasteiger partial charge in [-0.25, -0.2) is 17.5 Å². The van der Waals surface area contributed by atoms with E-state index in [1.54, 1.807) is 30.8 Å². The van der Waals surface area contributed by atoms with Gasteiger partial charge < -0.3 is 5.32 Å². The average Bonchev–Trinajstić information content (AvgIpc) is 3.15. The largest absolute Gasteiger partial charge is 0.307 e. The third-order valence-corrected chi connectivity index (χ3v) is 6.95. The fraction of sp³-hybridized carbons (Fsp3) is 0.273. The Hall–Kier alpha value is -3.04. The molecule has 0 aliphatic heterocycles. The summed E-state index contributed by atoms with van der Waals surface area (Å²) < 4.78 is 42.6. The maximum atomic E-state index is 14.3. The lowest BCUT2D eigenvalue weighted by Gasteiger charge is -2.19. The fourth-order valence-electron chi connectivity index (χ4n) is 3.28. The Kier molecular flexibility index (Phi) is 6.87. The van der Waals surface area contributed by atoms with Crippen molar-refractivity contribution in [3.05, 3.63) is 77.2 Å². The predicted molar refractivity (Wildman–Crippen MR) is 117 cm³/mol. The molecule has 1 amide bonds. The van der Waals surface area contributed by atoms with E-state index in [0.29, 0.717) is 12.4 Å². The summed E-state index contributed by atoms with van der Waals surface area (Å²) in [6.07, 6.45) is 1.56. The number of carbonyl (C=O) groups excluding carboxylic acids is 1. The molecule has 2 aromatic carbocycles. The van der Waals surface area contributed by atoms with Gasteiger partial charge in [-0.2, -0.15) is 9.40 Å². The standard InChI is InChI=1S/C22H25FN4O3S/c1-4-26(5-2)31(29,30)20-14-18(9-10-19(20)23)22(28)25-21-11-12-24-27(21)15-17-8-6-7-16(3)13-17/h6-14H,4-5,15H2,1-3H3,(H,25,28). The lowest BCUT2D eigenvalue weighted by Crippen LogP contribution is -2.31. The van der Waals surface area contributed by atoms with Crippen LogP contribution < -0.4 is 5.32 Å². The van der Waals surface area contributed by atoms with Crippen molar-refractivity contribution in [2.45, 2.75) is 32.2 Å². The topological polar surface area (TPSA) is 84.3 Å². The number of halogens is 1. The number of aromatic nitrogens is 2. The van der Waals surface area contributed by atoms with Gasteiger partial charge in [-0.05, 0) is 30.7 Å². The van der Waals surface area contributed by atoms with E-state index in [4.69, 9.17) is 0 Å². The molecule has 3 aromatic rings. The molecule has 1 heterocycles. The van der Waals surface area contributed by atoms with Crippen molar-refractivity contribution < 1.29 is 17.6 Å². The molecule has 0 radical (unpaired) electrons. The zero-order valence-electron chi connectivity index (χ0n) is 17.7. The van der Waals surface area contributed by atoms with E-state index in [9.17, 15) is 17.6 Å². The van der Waals surface area contributed by atoms with Crippen LogP contribution in [0.5, 0.6) is 0 Å². The molecule has 0 saturated carbocycles. The van der Waals surface area contributed by atoms with Gasteiger partial charge in [0, 0.05) is 24.7 Å². The van der Waals surface area contributed by atoms with Crippen LogP contribution in [0, 0.1) is 12.7 Å². The summed E-state index contributed by atoms with van der Waals surface area (Å²) in [4.78, 5) is 12.3. The van der Waals surface area contributed by atoms with Crippen LogP contribution in [0.1, 0.15) is 35.3 Å². The first-order valence-electron chi connectivity index (χ1n) is 9.94. The van der Waals surface area contributed by atoms with E-state index in [0.717, 1.165) is 27.6 Å². The van der Waals surface area contributed by atoms with Gasteiger partial charge in [-0.1, -0.05) is 43.7 Å². The molecule has 1 aromatic heterocycles. The third kappa shape index (κ3) is 5.00. The molecule has 3 rings (SSSR count). The molecule has 0 saturated heterocycles. The first-order valence-corrected chi connectivity index (χ1v) is 11.4. The van der Waals surface area contributed by atoms with Crippen molar-refractivity contribution in [3.8, 4) is 0 Å². The van der Waals surface area contributed by atoms with Gasteiger partial charge in [0.1, 0.15) is 16.5 Å². The summed E-state index contributed by atoms with van der Waals surface area (Å²) in [6, 6.07) is 12.9. The van der Waals surface area contributed by atoms with E-state index in [2.05, 4.69) is 10.4 Å². The van der Waals surface area contributed by atoms with Gasteiger partial charge in [0.05, 0.1) is 12.7 Å². The number of aryl methyl sites for hydroxylation is 1. The maximum absolute atomic E-state index is 14.3. The van der Waals surface area contributed by atoms with Crippen LogP contribution in [0.25, 0.3) is 0 Å². The Morgan fingerprint density at radius 3 is 2.55 bits per heavy atom. The first kappa shape index (κ1) is 22.6. The minimum Gasteiger partial charge on any atom is -0.307 e. The molecule has 7 nitrogen and oxygen atoms in total. The van der Waals surface area contributed by atoms with Crippen molar-refractivity contribution in [1.82, 2.24) is 14.1 Å². The van der Waals surface area contributed by atoms with Crippen LogP contribution in [-0.2, 0) is 16.6 Å². The Bertz CT molecular complexity index is 1190. The number of carbonyl (C=O) groups is 1. The number of anilines is 1. The van der Waals surface area contributed by atoms with E-state index in [1.807, 2.05) is 31.2 Å². The van der Waals surface area contributed by atoms with E-state index >= 15 is 0 Å². The number of nitrogens with zero attached hydrogens (tertiary/aromatic N) is 3. The minimum atomic E-state index is -4.04. The van der Waals surface area contributed by atoms with Crippen LogP contribution in [0.2, 0.25) is 0 Å². The first-order chi connectivity index (χ1) is 14.8. The smallest absolute Gasteiger partial charge is 0.256 e. The Labute approximate surface area is 181 Å². The van der Waals surface area contributed by atoms with Gasteiger partial charge in [-0.3, -0.25) is 4.79 Å². The summed E-state index contributed by atoms with van der Waals surface area (Å²) in [5.74, 6) is -1.00. The van der Waals surface area contributed by atoms with E-state index < -0.39 is 26.6 Å². The number of benzene rings is 2. The molecule has 31 heavy (non-hydrogen) atoms. The molecular formula is C22H25FN4O3S. The highest BCUT2D eigenvalue weighted by Gasteiger charge is 2.26. The summed E-state index contributed by atoms with van der Waals surface area (Å²) in [5, 5.41) is 6.97. The number of hydrogen-bond donors (Lipinski definition) is 1. The fourth-order valence-corrected chi connectivity index (χ4v) is 4.83. The second-order valence-electron chi connectivity index (χ2n) is 7.05. The quantitative estimate of drug-likeness (QED) is 0.575. The number of nitrogens with one attached hydrogen (secondary N) is 1. The zero-order chi connectivity index (χ0) is 22.6. The van der Waals surface area contributed by atoms with Crippen molar-refractivity contribution in [2.24, 2.45) is 0 Å². The highest BCUT2D eigenvalue weighted by molar-refractivity contribution is 7.89. The van der Waals surface area contributed by atoms with Crippen LogP contribution in [0.15, 0.2) is 59.6 Å². The van der Waals surface area contributed by atoms with Gasteiger partial charge >= 0.3 is 0 Å². The summed E-state index contributed by atoms with van der Waals surface area (Å²) in [7, 11) is -4.04. The maximum Gasteiger partial charge on any atom is 0.256 e. The minimum absolute atomic E-state index is 0.0374. The molecule has 1 N–H and O–H groups in total. The van der Waals surface area contributed by atoms with Crippen LogP contribution in [-0.4, -0.2) is 41.5 Å². The van der Waals surface area contributed by atoms with Gasteiger partial charge in [0.2, 0.25) is 10.0 Å². The lowest BCUT2D eigenvalue weighted by atomic mass is 10.1. The molecule has 0 aliphatic carbocycles. The van der Waals surface area contributed by atoms with E-state index in [-0.39, 0.29) is 18.7 Å². The molecule has 0 fully saturated rings. The number of sulfonamides is 1. The number of rotatable bonds is 8. The molecule has 0 spiro atoms. The second-order valence-corrected chi connectivity index (χ2v) is 8.96. The highest BCUT2D eigenvalue weighted by atomic mass is 32.2. The molecular weight excluding hydrogens is 419 g/mol. The highest BCUT2D eigenvalue weighted by Crippen LogP contribution is 2.22. The van der Waals surface area contributed by atoms with Crippen LogP contribution in [0.4, 0.5) is 10.2 Å². The van der Waals surface area contributed by atoms with Crippen molar-refractivity contribution >= 4 is 21.7 Å². The number of amides is 1. The normalized spacial score (nSPS) is 11.6. The molecule has 0 atom stereocenters. The lowest BCUT2D eigenvalue weighted by molar-refractivity contribution is 0.102. The summed E-state index contributed by atoms with van der Waals surface area (Å²) >= 11 is 0. The van der Waals surface area contributed by atoms with E-state index in [1.165, 1.54) is 6.07 Å². The molecule has 0 aliphatic rings. The number of hydrogen-bond acceptors (Lipinski definition) is 4.